The van der Waals surface area contributed by atoms with Gasteiger partial charge in [-0.05, 0) is 80.9 Å². The van der Waals surface area contributed by atoms with Gasteiger partial charge in [0.25, 0.3) is 0 Å². The second kappa shape index (κ2) is 11.6. The third-order valence-electron chi connectivity index (χ3n) is 11.2. The van der Waals surface area contributed by atoms with E-state index in [1.54, 1.807) is 0 Å². The van der Waals surface area contributed by atoms with E-state index >= 15 is 0 Å². The second-order valence-corrected chi connectivity index (χ2v) is 19.3. The first-order valence-electron chi connectivity index (χ1n) is 17.8. The van der Waals surface area contributed by atoms with E-state index in [4.69, 9.17) is 8.83 Å². The zero-order chi connectivity index (χ0) is 34.1. The summed E-state index contributed by atoms with van der Waals surface area (Å²) in [4.78, 5) is 0. The van der Waals surface area contributed by atoms with Crippen LogP contribution in [0.4, 0.5) is 0 Å². The van der Waals surface area contributed by atoms with Gasteiger partial charge in [-0.25, -0.2) is 0 Å². The lowest BCUT2D eigenvalue weighted by molar-refractivity contribution is 0.596. The van der Waals surface area contributed by atoms with Crippen molar-refractivity contribution in [3.63, 3.8) is 0 Å². The van der Waals surface area contributed by atoms with Crippen LogP contribution in [0.1, 0.15) is 44.9 Å². The predicted molar refractivity (Wildman–Crippen MR) is 215 cm³/mol. The summed E-state index contributed by atoms with van der Waals surface area (Å²) in [5.41, 5.74) is 15.1. The Bertz CT molecular complexity index is 2420. The van der Waals surface area contributed by atoms with E-state index in [2.05, 4.69) is 183 Å². The number of hydrogen-bond acceptors (Lipinski definition) is 2. The summed E-state index contributed by atoms with van der Waals surface area (Å²) in [6, 6.07) is 56.6. The number of benzene rings is 6. The van der Waals surface area contributed by atoms with Gasteiger partial charge >= 0.3 is 0 Å². The first-order valence-corrected chi connectivity index (χ1v) is 21.0. The fraction of sp³-hybridized carbons (Fsp3) is 0.0833. The average molecular weight is 673 g/mol. The molecule has 244 valence electrons. The fourth-order valence-electron chi connectivity index (χ4n) is 8.99. The van der Waals surface area contributed by atoms with Gasteiger partial charge in [0.05, 0.1) is 8.07 Å². The summed E-state index contributed by atoms with van der Waals surface area (Å²) in [5.74, 6) is 1.92. The Hall–Kier alpha value is -5.90. The molecule has 2 nitrogen and oxygen atoms in total. The van der Waals surface area contributed by atoms with Gasteiger partial charge in [0.15, 0.2) is 0 Å². The van der Waals surface area contributed by atoms with Gasteiger partial charge in [-0.15, -0.1) is 0 Å². The van der Waals surface area contributed by atoms with Crippen LogP contribution in [0.25, 0.3) is 67.5 Å². The van der Waals surface area contributed by atoms with Crippen molar-refractivity contribution in [1.29, 1.82) is 0 Å². The number of furan rings is 2. The summed E-state index contributed by atoms with van der Waals surface area (Å²) in [6.45, 7) is 5.17. The molecule has 51 heavy (non-hydrogen) atoms. The van der Waals surface area contributed by atoms with Crippen LogP contribution >= 0.6 is 0 Å². The van der Waals surface area contributed by atoms with Crippen molar-refractivity contribution < 1.29 is 8.83 Å². The van der Waals surface area contributed by atoms with Crippen LogP contribution < -0.4 is 0 Å². The molecule has 2 atom stereocenters. The van der Waals surface area contributed by atoms with Crippen LogP contribution in [0.15, 0.2) is 167 Å². The van der Waals surface area contributed by atoms with Gasteiger partial charge in [0.2, 0.25) is 0 Å². The lowest BCUT2D eigenvalue weighted by Gasteiger charge is -2.39. The van der Waals surface area contributed by atoms with Crippen molar-refractivity contribution in [2.75, 3.05) is 0 Å². The van der Waals surface area contributed by atoms with Crippen LogP contribution in [0.3, 0.4) is 0 Å². The average Bonchev–Trinajstić information content (AvgIpc) is 3.97. The standard InChI is InChI=1S/C48H36O2Si/c1-51(2,47-37-23-13-21-35(31-15-5-3-6-16-31)39(37)29-41(47)45-27-33-19-9-11-25-43(33)49-45)48-38-24-14-22-36(32-17-7-4-8-18-32)40(38)30-42(48)46-28-34-20-10-12-26-44(34)50-46/h3-30,47-48H,1-2H3. The summed E-state index contributed by atoms with van der Waals surface area (Å²) < 4.78 is 13.5. The van der Waals surface area contributed by atoms with Crippen LogP contribution in [-0.2, 0) is 0 Å². The Morgan fingerprint density at radius 3 is 1.27 bits per heavy atom. The van der Waals surface area contributed by atoms with Crippen molar-refractivity contribution in [3.8, 4) is 22.3 Å². The fourth-order valence-corrected chi connectivity index (χ4v) is 13.5. The van der Waals surface area contributed by atoms with E-state index in [9.17, 15) is 0 Å². The minimum Gasteiger partial charge on any atom is -0.456 e. The van der Waals surface area contributed by atoms with E-state index in [-0.39, 0.29) is 11.1 Å². The van der Waals surface area contributed by atoms with Gasteiger partial charge < -0.3 is 8.83 Å². The molecular formula is C48H36O2Si. The largest absolute Gasteiger partial charge is 0.456 e. The third kappa shape index (κ3) is 4.76. The highest BCUT2D eigenvalue weighted by Crippen LogP contribution is 2.58. The quantitative estimate of drug-likeness (QED) is 0.164. The lowest BCUT2D eigenvalue weighted by Crippen LogP contribution is -2.42. The molecular weight excluding hydrogens is 637 g/mol. The number of fused-ring (bicyclic) bond motifs is 4. The zero-order valence-corrected chi connectivity index (χ0v) is 29.6. The maximum absolute atomic E-state index is 6.74. The molecule has 6 aromatic carbocycles. The first-order chi connectivity index (χ1) is 25.0. The molecule has 0 spiro atoms. The molecule has 0 saturated carbocycles. The number of rotatable bonds is 6. The van der Waals surface area contributed by atoms with Crippen molar-refractivity contribution >= 4 is 53.3 Å². The lowest BCUT2D eigenvalue weighted by atomic mass is 9.97. The normalized spacial score (nSPS) is 16.7. The minimum absolute atomic E-state index is 0.167. The summed E-state index contributed by atoms with van der Waals surface area (Å²) in [6.07, 6.45) is 4.88. The Morgan fingerprint density at radius 2 is 0.843 bits per heavy atom. The molecule has 3 heteroatoms. The van der Waals surface area contributed by atoms with Crippen LogP contribution in [0, 0.1) is 0 Å². The third-order valence-corrected chi connectivity index (χ3v) is 15.4. The van der Waals surface area contributed by atoms with Gasteiger partial charge in [0.1, 0.15) is 22.7 Å². The highest BCUT2D eigenvalue weighted by Gasteiger charge is 2.50. The first kappa shape index (κ1) is 30.0. The highest BCUT2D eigenvalue weighted by atomic mass is 28.3. The molecule has 0 fully saturated rings. The molecule has 2 aromatic heterocycles. The van der Waals surface area contributed by atoms with E-state index in [0.29, 0.717) is 0 Å². The molecule has 0 bridgehead atoms. The van der Waals surface area contributed by atoms with Crippen LogP contribution in [0.5, 0.6) is 0 Å². The monoisotopic (exact) mass is 672 g/mol. The molecule has 0 aliphatic heterocycles. The SMILES string of the molecule is C[Si](C)(C1C(c2cc3ccccc3o2)=Cc2c(-c3ccccc3)cccc21)C1C(c2cc3ccccc3o2)=Cc2c(-c3ccccc3)cccc21. The van der Waals surface area contributed by atoms with Crippen molar-refractivity contribution in [2.24, 2.45) is 0 Å². The van der Waals surface area contributed by atoms with E-state index < -0.39 is 8.07 Å². The van der Waals surface area contributed by atoms with Gasteiger partial charge in [0, 0.05) is 33.0 Å². The van der Waals surface area contributed by atoms with E-state index in [1.807, 2.05) is 0 Å². The molecule has 10 rings (SSSR count). The Kier molecular flexibility index (Phi) is 6.80. The summed E-state index contributed by atoms with van der Waals surface area (Å²) >= 11 is 0. The van der Waals surface area contributed by atoms with Crippen molar-refractivity contribution in [2.45, 2.75) is 24.2 Å². The minimum atomic E-state index is -2.43. The molecule has 8 aromatic rings. The Balaban J connectivity index is 1.21. The molecule has 0 N–H and O–H groups in total. The second-order valence-electron chi connectivity index (χ2n) is 14.5. The number of hydrogen-bond donors (Lipinski definition) is 0. The molecule has 0 saturated heterocycles. The predicted octanol–water partition coefficient (Wildman–Crippen LogP) is 13.3. The maximum Gasteiger partial charge on any atom is 0.134 e. The van der Waals surface area contributed by atoms with Crippen LogP contribution in [-0.4, -0.2) is 8.07 Å². The molecule has 2 heterocycles. The van der Waals surface area contributed by atoms with Crippen LogP contribution in [0.2, 0.25) is 13.1 Å². The number of allylic oxidation sites excluding steroid dienone is 2. The van der Waals surface area contributed by atoms with E-state index in [1.165, 1.54) is 55.7 Å². The van der Waals surface area contributed by atoms with Crippen molar-refractivity contribution in [1.82, 2.24) is 0 Å². The molecule has 2 aliphatic rings. The topological polar surface area (TPSA) is 26.3 Å². The summed E-state index contributed by atoms with van der Waals surface area (Å²) in [5, 5.41) is 2.26. The van der Waals surface area contributed by atoms with Gasteiger partial charge in [-0.2, -0.15) is 0 Å². The highest BCUT2D eigenvalue weighted by molar-refractivity contribution is 6.84. The zero-order valence-electron chi connectivity index (χ0n) is 28.6. The number of para-hydroxylation sites is 2. The molecule has 2 unspecified atom stereocenters. The summed E-state index contributed by atoms with van der Waals surface area (Å²) in [7, 11) is -2.43. The molecule has 0 radical (unpaired) electrons. The molecule has 2 aliphatic carbocycles. The molecule has 0 amide bonds. The van der Waals surface area contributed by atoms with Gasteiger partial charge in [-0.3, -0.25) is 0 Å². The Morgan fingerprint density at radius 1 is 0.431 bits per heavy atom. The maximum atomic E-state index is 6.74. The Labute approximate surface area is 299 Å². The van der Waals surface area contributed by atoms with E-state index in [0.717, 1.165) is 33.5 Å². The van der Waals surface area contributed by atoms with Gasteiger partial charge in [-0.1, -0.05) is 147 Å². The van der Waals surface area contributed by atoms with Crippen molar-refractivity contribution in [3.05, 3.63) is 191 Å². The smallest absolute Gasteiger partial charge is 0.134 e.